The second-order valence-electron chi connectivity index (χ2n) is 7.18. The number of aryl methyl sites for hydroxylation is 2. The Bertz CT molecular complexity index is 1000. The summed E-state index contributed by atoms with van der Waals surface area (Å²) in [5, 5.41) is 2.95. The van der Waals surface area contributed by atoms with E-state index in [4.69, 9.17) is 9.47 Å². The lowest BCUT2D eigenvalue weighted by atomic mass is 9.99. The highest BCUT2D eigenvalue weighted by Gasteiger charge is 2.26. The van der Waals surface area contributed by atoms with Gasteiger partial charge >= 0.3 is 0 Å². The number of amides is 1. The number of ether oxygens (including phenoxy) is 2. The van der Waals surface area contributed by atoms with Gasteiger partial charge in [0.15, 0.2) is 0 Å². The van der Waals surface area contributed by atoms with Crippen LogP contribution in [0.3, 0.4) is 0 Å². The molecule has 0 fully saturated rings. The lowest BCUT2D eigenvalue weighted by molar-refractivity contribution is -0.120. The van der Waals surface area contributed by atoms with Crippen LogP contribution < -0.4 is 19.1 Å². The van der Waals surface area contributed by atoms with Gasteiger partial charge in [-0.1, -0.05) is 25.1 Å². The maximum atomic E-state index is 12.8. The standard InChI is InChI=1S/C22H30N2O5S/c1-7-19(17-9-8-15(2)16(3)12-17)23-22(25)14-24(30(6,26)27)20-13-18(28-4)10-11-21(20)29-5/h8-13,19H,7,14H2,1-6H3,(H,23,25)/t19-/m1/s1. The van der Waals surface area contributed by atoms with Crippen LogP contribution in [0, 0.1) is 13.8 Å². The first-order valence-electron chi connectivity index (χ1n) is 9.67. The minimum absolute atomic E-state index is 0.217. The molecule has 164 valence electrons. The molecule has 2 rings (SSSR count). The van der Waals surface area contributed by atoms with Crippen molar-refractivity contribution in [3.05, 3.63) is 53.1 Å². The van der Waals surface area contributed by atoms with Gasteiger partial charge < -0.3 is 14.8 Å². The molecule has 1 amide bonds. The third kappa shape index (κ3) is 5.66. The van der Waals surface area contributed by atoms with Crippen LogP contribution in [0.2, 0.25) is 0 Å². The molecule has 0 saturated carbocycles. The molecule has 0 unspecified atom stereocenters. The number of carbonyl (C=O) groups excluding carboxylic acids is 1. The second-order valence-corrected chi connectivity index (χ2v) is 9.09. The van der Waals surface area contributed by atoms with Crippen LogP contribution in [0.25, 0.3) is 0 Å². The molecule has 8 heteroatoms. The fourth-order valence-electron chi connectivity index (χ4n) is 3.15. The highest BCUT2D eigenvalue weighted by molar-refractivity contribution is 7.92. The van der Waals surface area contributed by atoms with Crippen molar-refractivity contribution in [3.63, 3.8) is 0 Å². The Balaban J connectivity index is 2.31. The number of sulfonamides is 1. The average Bonchev–Trinajstić information content (AvgIpc) is 2.71. The predicted molar refractivity (Wildman–Crippen MR) is 119 cm³/mol. The van der Waals surface area contributed by atoms with E-state index in [1.807, 2.05) is 39.0 Å². The molecule has 0 aliphatic heterocycles. The molecule has 1 N–H and O–H groups in total. The number of hydrogen-bond acceptors (Lipinski definition) is 5. The van der Waals surface area contributed by atoms with Gasteiger partial charge in [-0.3, -0.25) is 9.10 Å². The predicted octanol–water partition coefficient (Wildman–Crippen LogP) is 3.35. The van der Waals surface area contributed by atoms with E-state index in [-0.39, 0.29) is 18.3 Å². The van der Waals surface area contributed by atoms with Crippen LogP contribution in [0.4, 0.5) is 5.69 Å². The number of anilines is 1. The van der Waals surface area contributed by atoms with Crippen molar-refractivity contribution in [1.82, 2.24) is 5.32 Å². The first-order chi connectivity index (χ1) is 14.1. The summed E-state index contributed by atoms with van der Waals surface area (Å²) in [4.78, 5) is 12.8. The largest absolute Gasteiger partial charge is 0.497 e. The van der Waals surface area contributed by atoms with Gasteiger partial charge in [-0.05, 0) is 49.1 Å². The topological polar surface area (TPSA) is 84.9 Å². The molecule has 2 aromatic rings. The van der Waals surface area contributed by atoms with E-state index in [0.717, 1.165) is 21.7 Å². The molecule has 2 aromatic carbocycles. The van der Waals surface area contributed by atoms with E-state index >= 15 is 0 Å². The normalized spacial score (nSPS) is 12.2. The summed E-state index contributed by atoms with van der Waals surface area (Å²) in [5.41, 5.74) is 3.54. The number of nitrogens with zero attached hydrogens (tertiary/aromatic N) is 1. The summed E-state index contributed by atoms with van der Waals surface area (Å²) in [5.74, 6) is 0.382. The molecule has 0 aromatic heterocycles. The quantitative estimate of drug-likeness (QED) is 0.654. The molecule has 0 heterocycles. The number of methoxy groups -OCH3 is 2. The minimum atomic E-state index is -3.75. The van der Waals surface area contributed by atoms with Gasteiger partial charge in [0.25, 0.3) is 0 Å². The van der Waals surface area contributed by atoms with Crippen molar-refractivity contribution in [1.29, 1.82) is 0 Å². The van der Waals surface area contributed by atoms with E-state index in [9.17, 15) is 13.2 Å². The summed E-state index contributed by atoms with van der Waals surface area (Å²) in [7, 11) is -0.825. The fraction of sp³-hybridized carbons (Fsp3) is 0.409. The Hall–Kier alpha value is -2.74. The summed E-state index contributed by atoms with van der Waals surface area (Å²) in [6.45, 7) is 5.65. The van der Waals surface area contributed by atoms with Crippen LogP contribution >= 0.6 is 0 Å². The molecule has 7 nitrogen and oxygen atoms in total. The van der Waals surface area contributed by atoms with Gasteiger partial charge in [0.05, 0.1) is 32.2 Å². The third-order valence-electron chi connectivity index (χ3n) is 5.02. The lowest BCUT2D eigenvalue weighted by Gasteiger charge is -2.26. The SMILES string of the molecule is CC[C@@H](NC(=O)CN(c1cc(OC)ccc1OC)S(C)(=O)=O)c1ccc(C)c(C)c1. The molecular weight excluding hydrogens is 404 g/mol. The van der Waals surface area contributed by atoms with Gasteiger partial charge in [0, 0.05) is 6.07 Å². The molecule has 0 spiro atoms. The first kappa shape index (κ1) is 23.5. The maximum absolute atomic E-state index is 12.8. The highest BCUT2D eigenvalue weighted by atomic mass is 32.2. The highest BCUT2D eigenvalue weighted by Crippen LogP contribution is 2.33. The molecule has 0 aliphatic carbocycles. The van der Waals surface area contributed by atoms with Crippen LogP contribution in [-0.4, -0.2) is 41.3 Å². The third-order valence-corrected chi connectivity index (χ3v) is 6.15. The number of nitrogens with one attached hydrogen (secondary N) is 1. The monoisotopic (exact) mass is 434 g/mol. The zero-order valence-corrected chi connectivity index (χ0v) is 19.2. The second kappa shape index (κ2) is 9.84. The van der Waals surface area contributed by atoms with Crippen LogP contribution in [-0.2, 0) is 14.8 Å². The number of hydrogen-bond donors (Lipinski definition) is 1. The number of carbonyl (C=O) groups is 1. The van der Waals surface area contributed by atoms with E-state index in [1.165, 1.54) is 25.8 Å². The van der Waals surface area contributed by atoms with E-state index in [1.54, 1.807) is 12.1 Å². The van der Waals surface area contributed by atoms with Crippen molar-refractivity contribution in [2.75, 3.05) is 31.3 Å². The molecular formula is C22H30N2O5S. The van der Waals surface area contributed by atoms with Crippen molar-refractivity contribution >= 4 is 21.6 Å². The van der Waals surface area contributed by atoms with Crippen LogP contribution in [0.5, 0.6) is 11.5 Å². The molecule has 30 heavy (non-hydrogen) atoms. The zero-order valence-electron chi connectivity index (χ0n) is 18.4. The molecule has 0 aliphatic rings. The van der Waals surface area contributed by atoms with Crippen molar-refractivity contribution in [3.8, 4) is 11.5 Å². The molecule has 0 saturated heterocycles. The van der Waals surface area contributed by atoms with Crippen LogP contribution in [0.1, 0.15) is 36.1 Å². The van der Waals surface area contributed by atoms with Crippen molar-refractivity contribution < 1.29 is 22.7 Å². The van der Waals surface area contributed by atoms with E-state index in [0.29, 0.717) is 17.9 Å². The number of rotatable bonds is 9. The Labute approximate surface area is 179 Å². The van der Waals surface area contributed by atoms with Gasteiger partial charge in [-0.2, -0.15) is 0 Å². The Morgan fingerprint density at radius 2 is 1.77 bits per heavy atom. The van der Waals surface area contributed by atoms with Crippen molar-refractivity contribution in [2.45, 2.75) is 33.2 Å². The Morgan fingerprint density at radius 1 is 1.07 bits per heavy atom. The summed E-state index contributed by atoms with van der Waals surface area (Å²) in [6.07, 6.45) is 1.73. The number of benzene rings is 2. The molecule has 1 atom stereocenters. The van der Waals surface area contributed by atoms with Crippen LogP contribution in [0.15, 0.2) is 36.4 Å². The van der Waals surface area contributed by atoms with E-state index in [2.05, 4.69) is 5.32 Å². The van der Waals surface area contributed by atoms with Gasteiger partial charge in [0.1, 0.15) is 18.0 Å². The van der Waals surface area contributed by atoms with Gasteiger partial charge in [-0.15, -0.1) is 0 Å². The van der Waals surface area contributed by atoms with E-state index < -0.39 is 15.9 Å². The fourth-order valence-corrected chi connectivity index (χ4v) is 4.00. The summed E-state index contributed by atoms with van der Waals surface area (Å²) >= 11 is 0. The lowest BCUT2D eigenvalue weighted by Crippen LogP contribution is -2.41. The van der Waals surface area contributed by atoms with Gasteiger partial charge in [0.2, 0.25) is 15.9 Å². The van der Waals surface area contributed by atoms with Crippen molar-refractivity contribution in [2.24, 2.45) is 0 Å². The maximum Gasteiger partial charge on any atom is 0.241 e. The Kier molecular flexibility index (Phi) is 7.72. The Morgan fingerprint density at radius 3 is 2.30 bits per heavy atom. The molecule has 0 bridgehead atoms. The summed E-state index contributed by atoms with van der Waals surface area (Å²) < 4.78 is 36.5. The minimum Gasteiger partial charge on any atom is -0.497 e. The van der Waals surface area contributed by atoms with Gasteiger partial charge in [-0.25, -0.2) is 8.42 Å². The smallest absolute Gasteiger partial charge is 0.241 e. The molecule has 0 radical (unpaired) electrons. The zero-order chi connectivity index (χ0) is 22.5. The summed E-state index contributed by atoms with van der Waals surface area (Å²) in [6, 6.07) is 10.6. The average molecular weight is 435 g/mol. The first-order valence-corrected chi connectivity index (χ1v) is 11.5.